The number of pyridine rings is 2. The van der Waals surface area contributed by atoms with E-state index in [1.165, 1.54) is 0 Å². The zero-order chi connectivity index (χ0) is 81.4. The molecule has 13 rings (SSSR count). The van der Waals surface area contributed by atoms with Gasteiger partial charge in [0.15, 0.2) is 0 Å². The number of benzene rings is 9. The van der Waals surface area contributed by atoms with Crippen LogP contribution in [0.4, 0.5) is 0 Å². The molecule has 0 aliphatic carbocycles. The Balaban J connectivity index is 1.16. The van der Waals surface area contributed by atoms with Crippen LogP contribution in [-0.4, -0.2) is 40.6 Å². The van der Waals surface area contributed by atoms with E-state index in [0.717, 1.165) is 77.5 Å². The van der Waals surface area contributed by atoms with Gasteiger partial charge in [-0.1, -0.05) is 287 Å². The molecular weight excluding hydrogens is 1380 g/mol. The lowest BCUT2D eigenvalue weighted by Crippen LogP contribution is -2.16. The third-order valence-electron chi connectivity index (χ3n) is 23.4. The van der Waals surface area contributed by atoms with Crippen LogP contribution >= 0.6 is 0 Å². The molecule has 10 heteroatoms. The van der Waals surface area contributed by atoms with Crippen molar-refractivity contribution in [3.63, 3.8) is 0 Å². The summed E-state index contributed by atoms with van der Waals surface area (Å²) in [5.74, 6) is 1.87. The smallest absolute Gasteiger partial charge is 0.130 e. The molecular formula is C102H120N2O8. The number of phenolic OH excluding ortho intramolecular Hbond substituents is 6. The average Bonchev–Trinajstić information content (AvgIpc) is 0.821. The summed E-state index contributed by atoms with van der Waals surface area (Å²) >= 11 is 0. The number of hydrogen-bond acceptors (Lipinski definition) is 10. The van der Waals surface area contributed by atoms with Gasteiger partial charge in [0.05, 0.1) is 22.4 Å². The molecule has 0 atom stereocenters. The molecule has 112 heavy (non-hydrogen) atoms. The molecule has 0 amide bonds. The second-order valence-corrected chi connectivity index (χ2v) is 40.9. The lowest BCUT2D eigenvalue weighted by atomic mass is 9.79. The predicted octanol–water partition coefficient (Wildman–Crippen LogP) is 23.9. The first-order valence-corrected chi connectivity index (χ1v) is 40.3. The minimum Gasteiger partial charge on any atom is -0.507 e. The van der Waals surface area contributed by atoms with Gasteiger partial charge in [0.25, 0.3) is 0 Å². The monoisotopic (exact) mass is 1500 g/mol. The second-order valence-electron chi connectivity index (χ2n) is 40.9. The Morgan fingerprint density at radius 3 is 0.518 bits per heavy atom. The van der Waals surface area contributed by atoms with E-state index in [2.05, 4.69) is 287 Å². The van der Waals surface area contributed by atoms with Gasteiger partial charge in [-0.25, -0.2) is 9.97 Å². The summed E-state index contributed by atoms with van der Waals surface area (Å²) in [5, 5.41) is 81.5. The van der Waals surface area contributed by atoms with Crippen LogP contribution in [0.25, 0.3) is 21.8 Å². The Labute approximate surface area is 666 Å². The summed E-state index contributed by atoms with van der Waals surface area (Å²) < 4.78 is 14.9. The molecule has 4 heterocycles. The first-order chi connectivity index (χ1) is 51.9. The fourth-order valence-electron chi connectivity index (χ4n) is 16.0. The van der Waals surface area contributed by atoms with Crippen molar-refractivity contribution in [2.75, 3.05) is 0 Å². The summed E-state index contributed by atoms with van der Waals surface area (Å²) in [7, 11) is 0. The number of ether oxygens (including phenoxy) is 2. The molecule has 2 aromatic heterocycles. The maximum absolute atomic E-state index is 13.4. The van der Waals surface area contributed by atoms with Crippen molar-refractivity contribution in [1.29, 1.82) is 0 Å². The van der Waals surface area contributed by atoms with Gasteiger partial charge in [-0.15, -0.1) is 0 Å². The zero-order valence-electron chi connectivity index (χ0n) is 71.2. The van der Waals surface area contributed by atoms with Gasteiger partial charge < -0.3 is 40.1 Å². The van der Waals surface area contributed by atoms with E-state index in [-0.39, 0.29) is 142 Å². The molecule has 0 unspecified atom stereocenters. The molecule has 18 bridgehead atoms. The highest BCUT2D eigenvalue weighted by molar-refractivity contribution is 6.02. The Morgan fingerprint density at radius 2 is 0.357 bits per heavy atom. The Kier molecular flexibility index (Phi) is 20.6. The highest BCUT2D eigenvalue weighted by atomic mass is 16.5. The maximum atomic E-state index is 13.4. The lowest BCUT2D eigenvalue weighted by molar-refractivity contribution is 0.295. The van der Waals surface area contributed by atoms with Gasteiger partial charge in [-0.3, -0.25) is 0 Å². The predicted molar refractivity (Wildman–Crippen MR) is 459 cm³/mol. The van der Waals surface area contributed by atoms with Crippen molar-refractivity contribution in [2.24, 2.45) is 0 Å². The van der Waals surface area contributed by atoms with Crippen molar-refractivity contribution in [1.82, 2.24) is 9.97 Å². The maximum Gasteiger partial charge on any atom is 0.130 e. The third-order valence-corrected chi connectivity index (χ3v) is 23.4. The first kappa shape index (κ1) is 80.3. The molecule has 0 saturated carbocycles. The van der Waals surface area contributed by atoms with Crippen LogP contribution in [0.2, 0.25) is 0 Å². The highest BCUT2D eigenvalue weighted by Gasteiger charge is 2.33. The average molecular weight is 1500 g/mol. The fraction of sp³-hybridized carbons (Fsp3) is 0.412. The van der Waals surface area contributed by atoms with Crippen LogP contribution < -0.4 is 9.47 Å². The number of fused-ring (bicyclic) bond motifs is 14. The van der Waals surface area contributed by atoms with E-state index in [1.807, 2.05) is 12.1 Å². The SMILES string of the molecule is CC(C)(C)c1cc2c(O)c(c1)Cc1cc(C(C)(C)C)cc(c1O)Cc1cc(C(C)(C)C)cc3c1OCc1ccc4ccc5ccc(nc5c4n1)COc1c(cc(C(C)(C)C)cc1Cc1cc(C(C)(C)C)cc(c1O)Cc1cc(C(C)(C)C)cc(c1O)C3)Cc1cc(C(C)(C)C)cc(c1O)Cc1cc(C(C)(C)C)cc(c1O)C2. The minimum absolute atomic E-state index is 0.0609. The largest absolute Gasteiger partial charge is 0.507 e. The van der Waals surface area contributed by atoms with Crippen molar-refractivity contribution in [3.8, 4) is 46.0 Å². The summed E-state index contributed by atoms with van der Waals surface area (Å²) in [5.41, 5.74) is 19.2. The van der Waals surface area contributed by atoms with Crippen LogP contribution in [0.1, 0.15) is 311 Å². The molecule has 6 N–H and O–H groups in total. The number of hydrogen-bond donors (Lipinski definition) is 6. The molecule has 2 aliphatic rings. The number of nitrogens with zero attached hydrogens (tertiary/aromatic N) is 2. The van der Waals surface area contributed by atoms with Crippen LogP contribution in [0, 0.1) is 0 Å². The first-order valence-electron chi connectivity index (χ1n) is 40.3. The molecule has 0 fully saturated rings. The molecule has 9 aromatic carbocycles. The summed E-state index contributed by atoms with van der Waals surface area (Å²) in [6.45, 7) is 52.7. The Morgan fingerprint density at radius 1 is 0.214 bits per heavy atom. The lowest BCUT2D eigenvalue weighted by Gasteiger charge is -2.27. The van der Waals surface area contributed by atoms with Gasteiger partial charge >= 0.3 is 0 Å². The summed E-state index contributed by atoms with van der Waals surface area (Å²) in [6, 6.07) is 46.5. The fourth-order valence-corrected chi connectivity index (χ4v) is 16.0. The van der Waals surface area contributed by atoms with Gasteiger partial charge in [-0.2, -0.15) is 0 Å². The Hall–Kier alpha value is -9.80. The molecule has 11 aromatic rings. The van der Waals surface area contributed by atoms with Crippen molar-refractivity contribution < 1.29 is 40.1 Å². The van der Waals surface area contributed by atoms with Gasteiger partial charge in [-0.05, 0) is 189 Å². The molecule has 0 saturated heterocycles. The topological polar surface area (TPSA) is 166 Å². The second kappa shape index (κ2) is 28.7. The summed E-state index contributed by atoms with van der Waals surface area (Å²) in [4.78, 5) is 10.9. The van der Waals surface area contributed by atoms with Gasteiger partial charge in [0.1, 0.15) is 59.2 Å². The molecule has 2 aliphatic heterocycles. The van der Waals surface area contributed by atoms with Crippen LogP contribution in [0.3, 0.4) is 0 Å². The van der Waals surface area contributed by atoms with Crippen LogP contribution in [0.15, 0.2) is 133 Å². The quantitative estimate of drug-likeness (QED) is 0.0805. The van der Waals surface area contributed by atoms with Crippen molar-refractivity contribution in [2.45, 2.75) is 274 Å². The van der Waals surface area contributed by atoms with Crippen molar-refractivity contribution in [3.05, 3.63) is 278 Å². The minimum atomic E-state index is -0.389. The number of aromatic nitrogens is 2. The van der Waals surface area contributed by atoms with E-state index in [0.29, 0.717) is 101 Å². The van der Waals surface area contributed by atoms with Crippen molar-refractivity contribution >= 4 is 21.8 Å². The number of phenols is 6. The molecule has 0 radical (unpaired) electrons. The molecule has 0 spiro atoms. The normalized spacial score (nSPS) is 14.4. The Bertz CT molecular complexity index is 5220. The third kappa shape index (κ3) is 16.7. The van der Waals surface area contributed by atoms with Crippen LogP contribution in [-0.2, 0) is 108 Å². The zero-order valence-corrected chi connectivity index (χ0v) is 71.2. The van der Waals surface area contributed by atoms with E-state index in [4.69, 9.17) is 19.4 Å². The van der Waals surface area contributed by atoms with E-state index < -0.39 is 0 Å². The number of rotatable bonds is 0. The van der Waals surface area contributed by atoms with E-state index in [1.54, 1.807) is 0 Å². The van der Waals surface area contributed by atoms with Crippen LogP contribution in [0.5, 0.6) is 46.0 Å². The van der Waals surface area contributed by atoms with E-state index in [9.17, 15) is 30.6 Å². The van der Waals surface area contributed by atoms with Gasteiger partial charge in [0, 0.05) is 62.1 Å². The molecule has 10 nitrogen and oxygen atoms in total. The highest BCUT2D eigenvalue weighted by Crippen LogP contribution is 2.48. The number of aromatic hydroxyl groups is 6. The van der Waals surface area contributed by atoms with E-state index >= 15 is 0 Å². The molecule has 586 valence electrons. The summed E-state index contributed by atoms with van der Waals surface area (Å²) in [6.07, 6.45) is 1.78. The van der Waals surface area contributed by atoms with Gasteiger partial charge in [0.2, 0.25) is 0 Å². The standard InChI is InChI=1S/C102H120N2O8/c1-95(2,3)75-39-59-31-60-40-76(96(4,5)6)42-62(88(60)106)33-64-44-78(98(10,11)12)48-68(90(64)108)36-72-52-82(102(22,23)24)54-74-38-70-50-80(100(16,17)18)46-66(92(70)110)34-65-45-79(99(13,14)15)49-69(91(65)109)37-73-53-81(101(19,20)21)51-71(35-67-47-77(97(7,8)9)43-63(89(67)107)32-61(41-75)87(59)105)93(73)111-55-83-29-27-57-25-26-58-28-30-84(56-112-94(72)74)104-86(58)85(57)103-83/h25-30,39-54,105-110H,31-38,55-56H2,1-24H3.